The highest BCUT2D eigenvalue weighted by molar-refractivity contribution is 5.21. The number of nitrogens with one attached hydrogen (secondary N) is 2. The molecule has 2 N–H and O–H groups in total. The van der Waals surface area contributed by atoms with Crippen LogP contribution >= 0.6 is 0 Å². The molecule has 0 aromatic rings. The quantitative estimate of drug-likeness (QED) is 0.534. The van der Waals surface area contributed by atoms with Gasteiger partial charge in [0.2, 0.25) is 0 Å². The van der Waals surface area contributed by atoms with Gasteiger partial charge in [-0.05, 0) is 25.3 Å². The van der Waals surface area contributed by atoms with Crippen LogP contribution in [0.25, 0.3) is 0 Å². The first-order chi connectivity index (χ1) is 4.33. The molecule has 1 heterocycles. The van der Waals surface area contributed by atoms with Gasteiger partial charge in [0.25, 0.3) is 0 Å². The van der Waals surface area contributed by atoms with Gasteiger partial charge in [0.1, 0.15) is 0 Å². The van der Waals surface area contributed by atoms with Crippen molar-refractivity contribution in [2.75, 3.05) is 7.05 Å². The number of hydrogen-bond acceptors (Lipinski definition) is 2. The van der Waals surface area contributed by atoms with Crippen LogP contribution < -0.4 is 10.6 Å². The van der Waals surface area contributed by atoms with Gasteiger partial charge in [-0.2, -0.15) is 0 Å². The Labute approximate surface area is 55.6 Å². The van der Waals surface area contributed by atoms with Gasteiger partial charge in [0, 0.05) is 18.8 Å². The molecule has 50 valence electrons. The van der Waals surface area contributed by atoms with Crippen LogP contribution in [0.15, 0.2) is 24.0 Å². The standard InChI is InChI=1S/C7H12N2/c1-6-5-7(8-2)3-4-9-6/h3-6,8-9H,1-2H3. The largest absolute Gasteiger partial charge is 0.388 e. The molecule has 0 bridgehead atoms. The molecule has 9 heavy (non-hydrogen) atoms. The summed E-state index contributed by atoms with van der Waals surface area (Å²) in [6.07, 6.45) is 6.11. The first kappa shape index (κ1) is 6.20. The van der Waals surface area contributed by atoms with E-state index in [-0.39, 0.29) is 0 Å². The Bertz CT molecular complexity index is 147. The van der Waals surface area contributed by atoms with Gasteiger partial charge < -0.3 is 10.6 Å². The van der Waals surface area contributed by atoms with Crippen LogP contribution in [0.3, 0.4) is 0 Å². The zero-order valence-electron chi connectivity index (χ0n) is 5.81. The Balaban J connectivity index is 2.59. The van der Waals surface area contributed by atoms with Crippen LogP contribution in [0.1, 0.15) is 6.92 Å². The maximum absolute atomic E-state index is 3.15. The molecule has 1 rings (SSSR count). The average Bonchev–Trinajstić information content (AvgIpc) is 1.88. The van der Waals surface area contributed by atoms with E-state index in [1.165, 1.54) is 5.70 Å². The maximum atomic E-state index is 3.15. The normalized spacial score (nSPS) is 24.7. The lowest BCUT2D eigenvalue weighted by Crippen LogP contribution is -2.23. The number of dihydropyridines is 1. The van der Waals surface area contributed by atoms with Crippen molar-refractivity contribution in [1.82, 2.24) is 10.6 Å². The molecule has 0 saturated carbocycles. The molecule has 0 radical (unpaired) electrons. The lowest BCUT2D eigenvalue weighted by atomic mass is 10.2. The maximum Gasteiger partial charge on any atom is 0.0433 e. The zero-order valence-corrected chi connectivity index (χ0v) is 5.81. The molecule has 2 heteroatoms. The van der Waals surface area contributed by atoms with Crippen LogP contribution in [0.4, 0.5) is 0 Å². The molecule has 0 spiro atoms. The second kappa shape index (κ2) is 2.58. The fraction of sp³-hybridized carbons (Fsp3) is 0.429. The summed E-state index contributed by atoms with van der Waals surface area (Å²) in [4.78, 5) is 0. The average molecular weight is 124 g/mol. The summed E-state index contributed by atoms with van der Waals surface area (Å²) in [6.45, 7) is 2.11. The minimum atomic E-state index is 0.456. The molecule has 0 aromatic carbocycles. The Morgan fingerprint density at radius 1 is 1.67 bits per heavy atom. The smallest absolute Gasteiger partial charge is 0.0433 e. The Hall–Kier alpha value is -0.920. The minimum Gasteiger partial charge on any atom is -0.388 e. The summed E-state index contributed by atoms with van der Waals surface area (Å²) >= 11 is 0. The van der Waals surface area contributed by atoms with Crippen molar-refractivity contribution in [3.63, 3.8) is 0 Å². The van der Waals surface area contributed by atoms with E-state index in [9.17, 15) is 0 Å². The molecule has 0 aromatic heterocycles. The highest BCUT2D eigenvalue weighted by Gasteiger charge is 1.98. The lowest BCUT2D eigenvalue weighted by molar-refractivity contribution is 0.741. The molecule has 1 atom stereocenters. The first-order valence-electron chi connectivity index (χ1n) is 3.15. The third kappa shape index (κ3) is 1.49. The molecule has 0 amide bonds. The predicted molar refractivity (Wildman–Crippen MR) is 38.9 cm³/mol. The SMILES string of the molecule is CNC1=CC(C)NC=C1. The third-order valence-corrected chi connectivity index (χ3v) is 1.34. The van der Waals surface area contributed by atoms with Crippen molar-refractivity contribution in [2.45, 2.75) is 13.0 Å². The van der Waals surface area contributed by atoms with E-state index in [0.717, 1.165) is 0 Å². The lowest BCUT2D eigenvalue weighted by Gasteiger charge is -2.13. The number of allylic oxidation sites excluding steroid dienone is 1. The second-order valence-corrected chi connectivity index (χ2v) is 2.16. The van der Waals surface area contributed by atoms with Gasteiger partial charge >= 0.3 is 0 Å². The van der Waals surface area contributed by atoms with Crippen molar-refractivity contribution in [1.29, 1.82) is 0 Å². The van der Waals surface area contributed by atoms with Gasteiger partial charge in [-0.25, -0.2) is 0 Å². The number of hydrogen-bond donors (Lipinski definition) is 2. The Morgan fingerprint density at radius 2 is 2.44 bits per heavy atom. The van der Waals surface area contributed by atoms with Crippen molar-refractivity contribution in [3.8, 4) is 0 Å². The summed E-state index contributed by atoms with van der Waals surface area (Å²) in [5, 5.41) is 6.22. The summed E-state index contributed by atoms with van der Waals surface area (Å²) in [5.74, 6) is 0. The van der Waals surface area contributed by atoms with Gasteiger partial charge in [0.05, 0.1) is 0 Å². The summed E-state index contributed by atoms with van der Waals surface area (Å²) in [6, 6.07) is 0.456. The molecule has 1 aliphatic heterocycles. The first-order valence-corrected chi connectivity index (χ1v) is 3.15. The topological polar surface area (TPSA) is 24.1 Å². The van der Waals surface area contributed by atoms with E-state index < -0.39 is 0 Å². The Morgan fingerprint density at radius 3 is 2.89 bits per heavy atom. The van der Waals surface area contributed by atoms with E-state index in [2.05, 4.69) is 23.6 Å². The minimum absolute atomic E-state index is 0.456. The van der Waals surface area contributed by atoms with E-state index in [1.54, 1.807) is 0 Å². The second-order valence-electron chi connectivity index (χ2n) is 2.16. The molecule has 1 unspecified atom stereocenters. The van der Waals surface area contributed by atoms with Crippen LogP contribution in [-0.4, -0.2) is 13.1 Å². The third-order valence-electron chi connectivity index (χ3n) is 1.34. The van der Waals surface area contributed by atoms with E-state index >= 15 is 0 Å². The zero-order chi connectivity index (χ0) is 6.69. The molecule has 0 fully saturated rings. The van der Waals surface area contributed by atoms with E-state index in [4.69, 9.17) is 0 Å². The monoisotopic (exact) mass is 124 g/mol. The van der Waals surface area contributed by atoms with Crippen molar-refractivity contribution in [2.24, 2.45) is 0 Å². The highest BCUT2D eigenvalue weighted by atomic mass is 14.9. The summed E-state index contributed by atoms with van der Waals surface area (Å²) < 4.78 is 0. The van der Waals surface area contributed by atoms with Crippen LogP contribution in [0.5, 0.6) is 0 Å². The summed E-state index contributed by atoms with van der Waals surface area (Å²) in [7, 11) is 1.92. The van der Waals surface area contributed by atoms with E-state index in [0.29, 0.717) is 6.04 Å². The van der Waals surface area contributed by atoms with E-state index in [1.807, 2.05) is 19.3 Å². The van der Waals surface area contributed by atoms with Crippen molar-refractivity contribution in [3.05, 3.63) is 24.0 Å². The van der Waals surface area contributed by atoms with Crippen LogP contribution in [0, 0.1) is 0 Å². The molecule has 1 aliphatic rings. The Kier molecular flexibility index (Phi) is 1.78. The van der Waals surface area contributed by atoms with Gasteiger partial charge in [0.15, 0.2) is 0 Å². The predicted octanol–water partition coefficient (Wildman–Crippen LogP) is 0.595. The van der Waals surface area contributed by atoms with Gasteiger partial charge in [-0.1, -0.05) is 0 Å². The fourth-order valence-corrected chi connectivity index (χ4v) is 0.829. The van der Waals surface area contributed by atoms with Crippen molar-refractivity contribution < 1.29 is 0 Å². The van der Waals surface area contributed by atoms with Crippen LogP contribution in [-0.2, 0) is 0 Å². The number of likely N-dealkylation sites (N-methyl/N-ethyl adjacent to an activating group) is 1. The molecular weight excluding hydrogens is 112 g/mol. The molecule has 0 saturated heterocycles. The van der Waals surface area contributed by atoms with Gasteiger partial charge in [-0.15, -0.1) is 0 Å². The molecule has 2 nitrogen and oxygen atoms in total. The fourth-order valence-electron chi connectivity index (χ4n) is 0.829. The van der Waals surface area contributed by atoms with Gasteiger partial charge in [-0.3, -0.25) is 0 Å². The number of rotatable bonds is 1. The summed E-state index contributed by atoms with van der Waals surface area (Å²) in [5.41, 5.74) is 1.18. The van der Waals surface area contributed by atoms with Crippen molar-refractivity contribution >= 4 is 0 Å². The molecular formula is C7H12N2. The highest BCUT2D eigenvalue weighted by Crippen LogP contribution is 1.99. The molecule has 0 aliphatic carbocycles. The van der Waals surface area contributed by atoms with Crippen LogP contribution in [0.2, 0.25) is 0 Å².